The Hall–Kier alpha value is -3.06. The molecule has 0 saturated carbocycles. The largest absolute Gasteiger partial charge is 0.398 e. The molecule has 0 aromatic heterocycles. The van der Waals surface area contributed by atoms with Crippen LogP contribution in [0.2, 0.25) is 5.02 Å². The molecule has 6 N–H and O–H groups in total. The molecule has 0 saturated heterocycles. The molecule has 0 radical (unpaired) electrons. The predicted octanol–water partition coefficient (Wildman–Crippen LogP) is 1.60. The van der Waals surface area contributed by atoms with Gasteiger partial charge < -0.3 is 22.1 Å². The highest BCUT2D eigenvalue weighted by molar-refractivity contribution is 6.43. The first-order valence-corrected chi connectivity index (χ1v) is 6.82. The average molecular weight is 333 g/mol. The number of hydrogen-bond acceptors (Lipinski definition) is 4. The zero-order chi connectivity index (χ0) is 17.0. The van der Waals surface area contributed by atoms with Crippen molar-refractivity contribution in [2.24, 2.45) is 5.73 Å². The molecule has 0 aliphatic heterocycles. The first kappa shape index (κ1) is 16.3. The zero-order valence-corrected chi connectivity index (χ0v) is 12.6. The lowest BCUT2D eigenvalue weighted by atomic mass is 10.2. The van der Waals surface area contributed by atoms with Gasteiger partial charge in [0.15, 0.2) is 0 Å². The van der Waals surface area contributed by atoms with Crippen molar-refractivity contribution in [2.75, 3.05) is 16.4 Å². The predicted molar refractivity (Wildman–Crippen MR) is 88.1 cm³/mol. The SMILES string of the molecule is NC(=O)c1ccc(NC(=O)C(=O)Nc2ccc(N)c(Cl)c2)cc1. The van der Waals surface area contributed by atoms with Gasteiger partial charge in [0, 0.05) is 16.9 Å². The van der Waals surface area contributed by atoms with Crippen LogP contribution in [0, 0.1) is 0 Å². The highest BCUT2D eigenvalue weighted by Gasteiger charge is 2.14. The number of anilines is 3. The molecule has 0 spiro atoms. The molecule has 0 fully saturated rings. The van der Waals surface area contributed by atoms with Crippen LogP contribution in [0.4, 0.5) is 17.1 Å². The zero-order valence-electron chi connectivity index (χ0n) is 11.8. The van der Waals surface area contributed by atoms with E-state index in [1.165, 1.54) is 42.5 Å². The van der Waals surface area contributed by atoms with Crippen molar-refractivity contribution in [2.45, 2.75) is 0 Å². The van der Waals surface area contributed by atoms with Gasteiger partial charge in [-0.2, -0.15) is 0 Å². The fourth-order valence-electron chi connectivity index (χ4n) is 1.70. The minimum absolute atomic E-state index is 0.269. The van der Waals surface area contributed by atoms with E-state index in [4.69, 9.17) is 23.1 Å². The topological polar surface area (TPSA) is 127 Å². The number of carbonyl (C=O) groups is 3. The third-order valence-corrected chi connectivity index (χ3v) is 3.22. The van der Waals surface area contributed by atoms with E-state index in [0.717, 1.165) is 0 Å². The minimum atomic E-state index is -0.871. The summed E-state index contributed by atoms with van der Waals surface area (Å²) in [6, 6.07) is 10.3. The summed E-state index contributed by atoms with van der Waals surface area (Å²) in [6.45, 7) is 0. The maximum absolute atomic E-state index is 11.8. The van der Waals surface area contributed by atoms with Gasteiger partial charge in [0.2, 0.25) is 5.91 Å². The van der Waals surface area contributed by atoms with E-state index in [1.807, 2.05) is 0 Å². The minimum Gasteiger partial charge on any atom is -0.398 e. The van der Waals surface area contributed by atoms with Crippen LogP contribution in [-0.4, -0.2) is 17.7 Å². The summed E-state index contributed by atoms with van der Waals surface area (Å²) in [6.07, 6.45) is 0. The molecule has 0 heterocycles. The van der Waals surface area contributed by atoms with E-state index in [2.05, 4.69) is 10.6 Å². The molecular weight excluding hydrogens is 320 g/mol. The Morgan fingerprint density at radius 3 is 1.91 bits per heavy atom. The quantitative estimate of drug-likeness (QED) is 0.502. The molecule has 2 rings (SSSR count). The molecule has 23 heavy (non-hydrogen) atoms. The van der Waals surface area contributed by atoms with Crippen LogP contribution < -0.4 is 22.1 Å². The summed E-state index contributed by atoms with van der Waals surface area (Å²) in [5.74, 6) is -2.32. The van der Waals surface area contributed by atoms with E-state index >= 15 is 0 Å². The fourth-order valence-corrected chi connectivity index (χ4v) is 1.88. The average Bonchev–Trinajstić information content (AvgIpc) is 2.51. The second-order valence-corrected chi connectivity index (χ2v) is 4.99. The number of nitrogens with one attached hydrogen (secondary N) is 2. The van der Waals surface area contributed by atoms with E-state index in [-0.39, 0.29) is 5.02 Å². The van der Waals surface area contributed by atoms with E-state index in [9.17, 15) is 14.4 Å². The summed E-state index contributed by atoms with van der Waals surface area (Å²) in [4.78, 5) is 34.6. The lowest BCUT2D eigenvalue weighted by Gasteiger charge is -2.08. The van der Waals surface area contributed by atoms with Crippen molar-refractivity contribution in [1.29, 1.82) is 0 Å². The Morgan fingerprint density at radius 1 is 0.870 bits per heavy atom. The maximum atomic E-state index is 11.8. The molecule has 8 heteroatoms. The number of amides is 3. The number of halogens is 1. The van der Waals surface area contributed by atoms with Gasteiger partial charge in [0.05, 0.1) is 10.7 Å². The van der Waals surface area contributed by atoms with Crippen molar-refractivity contribution < 1.29 is 14.4 Å². The van der Waals surface area contributed by atoms with Gasteiger partial charge in [-0.3, -0.25) is 14.4 Å². The number of primary amides is 1. The Balaban J connectivity index is 2.00. The van der Waals surface area contributed by atoms with Crippen molar-refractivity contribution in [1.82, 2.24) is 0 Å². The first-order chi connectivity index (χ1) is 10.9. The van der Waals surface area contributed by atoms with Crippen molar-refractivity contribution in [3.05, 3.63) is 53.1 Å². The molecule has 0 aliphatic rings. The molecule has 0 atom stereocenters. The van der Waals surface area contributed by atoms with Gasteiger partial charge in [0.1, 0.15) is 0 Å². The van der Waals surface area contributed by atoms with Gasteiger partial charge in [0.25, 0.3) is 0 Å². The summed E-state index contributed by atoms with van der Waals surface area (Å²) >= 11 is 5.83. The van der Waals surface area contributed by atoms with E-state index < -0.39 is 17.7 Å². The fraction of sp³-hybridized carbons (Fsp3) is 0. The molecule has 118 valence electrons. The molecule has 7 nitrogen and oxygen atoms in total. The Labute approximate surface area is 136 Å². The molecular formula is C15H13ClN4O3. The van der Waals surface area contributed by atoms with Gasteiger partial charge in [-0.25, -0.2) is 0 Å². The standard InChI is InChI=1S/C15H13ClN4O3/c16-11-7-10(5-6-12(11)17)20-15(23)14(22)19-9-3-1-8(2-4-9)13(18)21/h1-7H,17H2,(H2,18,21)(H,19,22)(H,20,23). The number of nitrogens with two attached hydrogens (primary N) is 2. The molecule has 2 aromatic rings. The molecule has 0 bridgehead atoms. The smallest absolute Gasteiger partial charge is 0.314 e. The summed E-state index contributed by atoms with van der Waals surface area (Å²) < 4.78 is 0. The van der Waals surface area contributed by atoms with Crippen LogP contribution in [0.5, 0.6) is 0 Å². The van der Waals surface area contributed by atoms with Crippen molar-refractivity contribution >= 4 is 46.4 Å². The second kappa shape index (κ2) is 6.80. The maximum Gasteiger partial charge on any atom is 0.314 e. The Morgan fingerprint density at radius 2 is 1.39 bits per heavy atom. The summed E-state index contributed by atoms with van der Waals surface area (Å²) in [5, 5.41) is 5.06. The lowest BCUT2D eigenvalue weighted by Crippen LogP contribution is -2.29. The summed E-state index contributed by atoms with van der Waals surface area (Å²) in [7, 11) is 0. The normalized spacial score (nSPS) is 9.96. The van der Waals surface area contributed by atoms with Gasteiger partial charge in [-0.1, -0.05) is 11.6 Å². The highest BCUT2D eigenvalue weighted by atomic mass is 35.5. The number of carbonyl (C=O) groups excluding carboxylic acids is 3. The number of hydrogen-bond donors (Lipinski definition) is 4. The van der Waals surface area contributed by atoms with Gasteiger partial charge in [-0.15, -0.1) is 0 Å². The van der Waals surface area contributed by atoms with Crippen LogP contribution in [0.25, 0.3) is 0 Å². The summed E-state index contributed by atoms with van der Waals surface area (Å²) in [5.41, 5.74) is 12.0. The third kappa shape index (κ3) is 4.21. The Kier molecular flexibility index (Phi) is 4.82. The third-order valence-electron chi connectivity index (χ3n) is 2.89. The van der Waals surface area contributed by atoms with E-state index in [1.54, 1.807) is 0 Å². The molecule has 3 amide bonds. The van der Waals surface area contributed by atoms with Crippen molar-refractivity contribution in [3.8, 4) is 0 Å². The number of benzene rings is 2. The van der Waals surface area contributed by atoms with Gasteiger partial charge in [-0.05, 0) is 42.5 Å². The van der Waals surface area contributed by atoms with Crippen LogP contribution in [0.1, 0.15) is 10.4 Å². The monoisotopic (exact) mass is 332 g/mol. The van der Waals surface area contributed by atoms with Crippen LogP contribution in [0.3, 0.4) is 0 Å². The second-order valence-electron chi connectivity index (χ2n) is 4.59. The van der Waals surface area contributed by atoms with E-state index in [0.29, 0.717) is 22.6 Å². The van der Waals surface area contributed by atoms with Gasteiger partial charge >= 0.3 is 11.8 Å². The molecule has 2 aromatic carbocycles. The first-order valence-electron chi connectivity index (χ1n) is 6.44. The molecule has 0 unspecified atom stereocenters. The van der Waals surface area contributed by atoms with Crippen LogP contribution in [0.15, 0.2) is 42.5 Å². The lowest BCUT2D eigenvalue weighted by molar-refractivity contribution is -0.132. The van der Waals surface area contributed by atoms with Crippen LogP contribution >= 0.6 is 11.6 Å². The van der Waals surface area contributed by atoms with Crippen molar-refractivity contribution in [3.63, 3.8) is 0 Å². The van der Waals surface area contributed by atoms with Crippen LogP contribution in [-0.2, 0) is 9.59 Å². The highest BCUT2D eigenvalue weighted by Crippen LogP contribution is 2.22. The number of rotatable bonds is 3. The number of nitrogen functional groups attached to an aromatic ring is 1. The Bertz CT molecular complexity index is 775. The molecule has 0 aliphatic carbocycles.